The van der Waals surface area contributed by atoms with Crippen LogP contribution in [0.25, 0.3) is 11.1 Å². The van der Waals surface area contributed by atoms with Gasteiger partial charge in [-0.05, 0) is 283 Å². The lowest BCUT2D eigenvalue weighted by Crippen LogP contribution is -2.47. The van der Waals surface area contributed by atoms with Gasteiger partial charge in [0.15, 0.2) is 6.35 Å². The van der Waals surface area contributed by atoms with E-state index in [0.717, 1.165) is 136 Å². The highest BCUT2D eigenvalue weighted by Gasteiger charge is 2.51. The number of aliphatic hydroxyl groups excluding tert-OH is 1. The van der Waals surface area contributed by atoms with Crippen molar-refractivity contribution >= 4 is 159 Å². The number of carbonyl (C=O) groups is 4. The predicted octanol–water partition coefficient (Wildman–Crippen LogP) is 18.7. The molecule has 800 valence electrons. The van der Waals surface area contributed by atoms with E-state index in [1.54, 1.807) is 49.7 Å². The van der Waals surface area contributed by atoms with Gasteiger partial charge in [-0.1, -0.05) is 123 Å². The summed E-state index contributed by atoms with van der Waals surface area (Å²) >= 11 is 15.1. The Balaban J connectivity index is 0.000000248. The molecule has 0 aromatic heterocycles. The van der Waals surface area contributed by atoms with Crippen LogP contribution in [0.15, 0.2) is 235 Å². The number of ether oxygens (including phenoxy) is 1. The van der Waals surface area contributed by atoms with E-state index >= 15 is 0 Å². The maximum atomic E-state index is 14.3. The summed E-state index contributed by atoms with van der Waals surface area (Å²) in [5.41, 5.74) is -2.53. The van der Waals surface area contributed by atoms with E-state index in [4.69, 9.17) is 42.8 Å². The quantitative estimate of drug-likeness (QED) is 0.00776. The average Bonchev–Trinajstić information content (AvgIpc) is 0.762. The Bertz CT molecular complexity index is 6560. The molecule has 14 rings (SSSR count). The van der Waals surface area contributed by atoms with Gasteiger partial charge in [-0.15, -0.1) is 23.5 Å². The number of halogens is 8. The summed E-state index contributed by atoms with van der Waals surface area (Å²) in [6.45, 7) is 22.7. The maximum absolute atomic E-state index is 14.3. The van der Waals surface area contributed by atoms with E-state index in [2.05, 4.69) is 87.1 Å². The fourth-order valence-electron chi connectivity index (χ4n) is 18.4. The van der Waals surface area contributed by atoms with Crippen LogP contribution in [0, 0.1) is 22.7 Å². The number of sulfonamides is 2. The molecule has 4 aliphatic heterocycles. The molecule has 8 N–H and O–H groups in total. The smallest absolute Gasteiger partial charge is 0.481 e. The molecule has 2 atom stereocenters. The van der Waals surface area contributed by atoms with E-state index in [-0.39, 0.29) is 40.5 Å². The second-order valence-corrected chi connectivity index (χ2v) is 54.9. The number of thioether (sulfide) groups is 2. The predicted molar refractivity (Wildman–Crippen MR) is 565 cm³/mol. The second-order valence-electron chi connectivity index (χ2n) is 39.6. The minimum absolute atomic E-state index is 0.0232. The van der Waals surface area contributed by atoms with E-state index in [1.165, 1.54) is 81.2 Å². The fourth-order valence-corrected chi connectivity index (χ4v) is 25.0. The van der Waals surface area contributed by atoms with Gasteiger partial charge >= 0.3 is 30.6 Å². The van der Waals surface area contributed by atoms with Crippen LogP contribution in [-0.4, -0.2) is 262 Å². The van der Waals surface area contributed by atoms with Gasteiger partial charge in [-0.3, -0.25) is 33.5 Å². The molecule has 2 amide bonds. The zero-order chi connectivity index (χ0) is 107. The first-order valence-corrected chi connectivity index (χ1v) is 61.4. The van der Waals surface area contributed by atoms with Crippen molar-refractivity contribution < 1.29 is 113 Å². The number of anilines is 4. The lowest BCUT2D eigenvalue weighted by atomic mass is 9.72. The molecule has 45 heteroatoms. The number of aliphatic hydroxyl groups is 1. The van der Waals surface area contributed by atoms with Crippen LogP contribution >= 0.6 is 61.5 Å². The van der Waals surface area contributed by atoms with Crippen molar-refractivity contribution in [2.24, 2.45) is 22.7 Å². The lowest BCUT2D eigenvalue weighted by Gasteiger charge is -2.39. The highest BCUT2D eigenvalue weighted by molar-refractivity contribution is 7.99. The van der Waals surface area contributed by atoms with Crippen LogP contribution in [0.2, 0.25) is 10.0 Å². The zero-order valence-corrected chi connectivity index (χ0v) is 90.6. The number of nitrogens with zero attached hydrogens (tertiary/aromatic N) is 6. The molecule has 8 aromatic carbocycles. The first-order chi connectivity index (χ1) is 69.1. The summed E-state index contributed by atoms with van der Waals surface area (Å²) < 4.78 is 223. The number of esters is 1. The summed E-state index contributed by atoms with van der Waals surface area (Å²) in [5, 5.41) is 24.8. The Morgan fingerprint density at radius 3 is 1.16 bits per heavy atom. The van der Waals surface area contributed by atoms with Gasteiger partial charge in [-0.2, -0.15) is 26.3 Å². The minimum atomic E-state index is -6.16. The minimum Gasteiger partial charge on any atom is -0.481 e. The van der Waals surface area contributed by atoms with Gasteiger partial charge in [0.1, 0.15) is 16.9 Å². The molecule has 0 bridgehead atoms. The number of likely N-dealkylation sites (tertiary alicyclic amines) is 2. The number of piperidine rings is 2. The molecule has 29 nitrogen and oxygen atoms in total. The van der Waals surface area contributed by atoms with Crippen molar-refractivity contribution in [2.75, 3.05) is 163 Å². The molecule has 2 aliphatic carbocycles. The summed E-state index contributed by atoms with van der Waals surface area (Å²) in [5.74, 6) is -4.20. The first kappa shape index (κ1) is 117. The molecule has 4 heterocycles. The summed E-state index contributed by atoms with van der Waals surface area (Å²) in [4.78, 5) is 79.4. The normalized spacial score (nSPS) is 17.9. The van der Waals surface area contributed by atoms with E-state index in [1.807, 2.05) is 87.1 Å². The topological polar surface area (TPSA) is 397 Å². The van der Waals surface area contributed by atoms with Crippen molar-refractivity contribution in [1.29, 1.82) is 0 Å². The number of carboxylic acid groups (broad SMARTS) is 1. The molecule has 4 fully saturated rings. The number of nitrogens with one attached hydrogen (secondary N) is 4. The Morgan fingerprint density at radius 1 is 0.483 bits per heavy atom. The van der Waals surface area contributed by atoms with Crippen molar-refractivity contribution in [1.82, 2.24) is 29.0 Å². The van der Waals surface area contributed by atoms with Crippen LogP contribution in [0.3, 0.4) is 0 Å². The molecule has 4 saturated heterocycles. The fraction of sp³-hybridized carbons (Fsp3) is 0.451. The lowest BCUT2D eigenvalue weighted by molar-refractivity contribution is -0.148. The Labute approximate surface area is 874 Å². The number of allylic oxidation sites excluding steroid dienone is 2. The Kier molecular flexibility index (Phi) is 40.2. The number of piperazine rings is 2. The Hall–Kier alpha value is -8.84. The number of hydrogen-bond donors (Lipinski definition) is 8. The number of aliphatic carboxylic acids is 1. The van der Waals surface area contributed by atoms with Gasteiger partial charge in [0, 0.05) is 144 Å². The number of sulfone groups is 2. The summed E-state index contributed by atoms with van der Waals surface area (Å²) in [6.07, 6.45) is 7.19. The summed E-state index contributed by atoms with van der Waals surface area (Å²) in [6, 6.07) is 50.3. The number of amides is 2. The largest absolute Gasteiger partial charge is 0.501 e. The van der Waals surface area contributed by atoms with Gasteiger partial charge in [0.25, 0.3) is 51.5 Å². The molecule has 8 aromatic rings. The third-order valence-electron chi connectivity index (χ3n) is 26.7. The third-order valence-corrected chi connectivity index (χ3v) is 36.4. The molecule has 147 heavy (non-hydrogen) atoms. The first-order valence-electron chi connectivity index (χ1n) is 48.2. The zero-order valence-electron chi connectivity index (χ0n) is 82.4. The van der Waals surface area contributed by atoms with Crippen LogP contribution in [-0.2, 0) is 63.2 Å². The number of carboxylic acids is 1. The molecule has 6 aliphatic rings. The highest BCUT2D eigenvalue weighted by atomic mass is 35.5. The number of hydrogen-bond acceptors (Lipinski definition) is 26. The van der Waals surface area contributed by atoms with E-state index < -0.39 is 150 Å². The maximum Gasteiger partial charge on any atom is 0.501 e. The number of carbonyl (C=O) groups excluding carboxylic acids is 3. The van der Waals surface area contributed by atoms with Crippen LogP contribution < -0.4 is 29.9 Å². The molecule has 0 spiro atoms. The monoisotopic (exact) mass is 2230 g/mol. The molecule has 0 unspecified atom stereocenters. The van der Waals surface area contributed by atoms with E-state index in [0.29, 0.717) is 112 Å². The molecular weight excluding hydrogens is 2110 g/mol. The third kappa shape index (κ3) is 33.8. The number of benzene rings is 8. The van der Waals surface area contributed by atoms with Gasteiger partial charge in [0.05, 0.1) is 39.3 Å². The standard InChI is InChI=1S/C50H60ClF3N5O10PS3.C49H57ClF3N5O7S3.C3H9O2P/c1-49(2)22-18-44(35-8-12-39(51)13-9-35)38(31-49)32-58-26-28-59(29-27-58)41-14-10-36(11-15-41)47(60)56-73(67,68)43-16-17-45(46(30-43)72(65,66)50(52,53)54)55-40(33-71-42-6-4-3-5-7-42)21-25-57-23-19-37(20-24-57)48(61)69-34-70(62,63)64;1-48(2)22-18-43(34-8-12-38(50)13-9-34)37(31-48)32-57-26-28-58(29-27-57)40-14-10-35(11-15-40)46(59)55-68(64,65)42-16-17-44(45(30-42)67(62,63)49(51,52)53)54-39(33-66-41-6-4-3-5-7-41)21-25-56-23-19-36(20-24-56)47(60)61;1-6(2,5)3-4/h3-17,30,37,40,55H,18-29,31-34H2,1-2H3,(H,56,60)(H2,62,63,64);3-17,30,36,39,54H,18-29,31-33H2,1-2H3,(H,55,59)(H,60,61);4H,3H2,1-2H3/t40-;39-;/m11./s1. The molecule has 0 radical (unpaired) electrons. The van der Waals surface area contributed by atoms with Crippen LogP contribution in [0.5, 0.6) is 0 Å². The van der Waals surface area contributed by atoms with Crippen molar-refractivity contribution in [2.45, 2.75) is 157 Å². The SMILES string of the molecule is CC1(C)CCC(c2ccc(Cl)cc2)=C(CN2CCN(c3ccc(C(=O)NS(=O)(=O)c4ccc(N[C@H](CCN5CCC(C(=O)O)CC5)CSc5ccccc5)c(S(=O)(=O)C(F)(F)F)c4)cc3)CC2)C1.CC1(C)CCC(c2ccc(Cl)cc2)=C(CN2CCN(c3ccc(C(=O)NS(=O)(=O)c4ccc(N[C@H](CCN5CCC(C(=O)OCP(=O)(O)O)CC5)CSc5ccccc5)c(S(=O)(=O)C(F)(F)F)c4)cc3)CC2)C1.CP(C)(=O)CO. The average molecular weight is 2240 g/mol. The van der Waals surface area contributed by atoms with Crippen LogP contribution in [0.1, 0.15) is 137 Å². The van der Waals surface area contributed by atoms with E-state index in [9.17, 15) is 93.4 Å². The number of alkyl halides is 6. The van der Waals surface area contributed by atoms with Gasteiger partial charge in [-0.25, -0.2) is 43.1 Å². The van der Waals surface area contributed by atoms with Crippen molar-refractivity contribution in [3.05, 3.63) is 238 Å². The number of rotatable bonds is 37. The second kappa shape index (κ2) is 50.6. The summed E-state index contributed by atoms with van der Waals surface area (Å²) in [7, 11) is -28.7. The Morgan fingerprint density at radius 2 is 0.830 bits per heavy atom. The van der Waals surface area contributed by atoms with Gasteiger partial charge < -0.3 is 59.5 Å². The van der Waals surface area contributed by atoms with Crippen molar-refractivity contribution in [3.8, 4) is 0 Å². The van der Waals surface area contributed by atoms with Crippen LogP contribution in [0.4, 0.5) is 49.1 Å². The van der Waals surface area contributed by atoms with Crippen molar-refractivity contribution in [3.63, 3.8) is 0 Å². The molecule has 0 saturated carbocycles. The molecular formula is C102H126Cl2F6N10O19P2S6. The highest BCUT2D eigenvalue weighted by Crippen LogP contribution is 2.47. The van der Waals surface area contributed by atoms with Gasteiger partial charge in [0.2, 0.25) is 0 Å².